The number of anilines is 3. The first-order valence-corrected chi connectivity index (χ1v) is 10.1. The third kappa shape index (κ3) is 5.16. The average molecular weight is 419 g/mol. The molecule has 6 nitrogen and oxygen atoms in total. The van der Waals surface area contributed by atoms with E-state index in [0.29, 0.717) is 21.5 Å². The van der Waals surface area contributed by atoms with Crippen molar-refractivity contribution in [2.45, 2.75) is 4.90 Å². The molecule has 1 heterocycles. The van der Waals surface area contributed by atoms with Crippen LogP contribution in [0.2, 0.25) is 5.02 Å². The lowest BCUT2D eigenvalue weighted by molar-refractivity contribution is 0.601. The van der Waals surface area contributed by atoms with E-state index in [2.05, 4.69) is 20.3 Å². The zero-order valence-electron chi connectivity index (χ0n) is 13.9. The summed E-state index contributed by atoms with van der Waals surface area (Å²) < 4.78 is 27.5. The number of para-hydroxylation sites is 1. The molecule has 27 heavy (non-hydrogen) atoms. The summed E-state index contributed by atoms with van der Waals surface area (Å²) in [6, 6.07) is 16.5. The van der Waals surface area contributed by atoms with Gasteiger partial charge in [0.2, 0.25) is 0 Å². The van der Waals surface area contributed by atoms with E-state index in [1.807, 2.05) is 6.07 Å². The van der Waals surface area contributed by atoms with Crippen LogP contribution in [0.4, 0.5) is 17.1 Å². The van der Waals surface area contributed by atoms with Crippen LogP contribution in [0.5, 0.6) is 0 Å². The SMILES string of the molecule is O=S(=O)(Nc1ccccc1Cl)c1ccc(NC(=S)Nc2cccnc2)cc1. The Balaban J connectivity index is 1.67. The molecule has 0 saturated carbocycles. The number of benzene rings is 2. The van der Waals surface area contributed by atoms with Crippen molar-refractivity contribution in [3.63, 3.8) is 0 Å². The van der Waals surface area contributed by atoms with Crippen LogP contribution in [-0.4, -0.2) is 18.5 Å². The van der Waals surface area contributed by atoms with E-state index in [9.17, 15) is 8.42 Å². The molecule has 0 atom stereocenters. The topological polar surface area (TPSA) is 83.1 Å². The monoisotopic (exact) mass is 418 g/mol. The van der Waals surface area contributed by atoms with Gasteiger partial charge in [0.15, 0.2) is 5.11 Å². The number of aromatic nitrogens is 1. The van der Waals surface area contributed by atoms with Gasteiger partial charge in [-0.15, -0.1) is 0 Å². The maximum Gasteiger partial charge on any atom is 0.261 e. The maximum absolute atomic E-state index is 12.5. The normalized spacial score (nSPS) is 10.9. The molecule has 0 radical (unpaired) electrons. The van der Waals surface area contributed by atoms with Crippen molar-refractivity contribution < 1.29 is 8.42 Å². The van der Waals surface area contributed by atoms with E-state index in [-0.39, 0.29) is 4.90 Å². The van der Waals surface area contributed by atoms with E-state index >= 15 is 0 Å². The van der Waals surface area contributed by atoms with E-state index in [1.54, 1.807) is 54.9 Å². The molecule has 0 amide bonds. The molecule has 9 heteroatoms. The first-order chi connectivity index (χ1) is 12.9. The molecule has 2 aromatic carbocycles. The minimum absolute atomic E-state index is 0.110. The Morgan fingerprint density at radius 1 is 0.926 bits per heavy atom. The van der Waals surface area contributed by atoms with Crippen LogP contribution in [-0.2, 0) is 10.0 Å². The Kier molecular flexibility index (Phi) is 5.90. The first kappa shape index (κ1) is 19.1. The van der Waals surface area contributed by atoms with Crippen molar-refractivity contribution in [2.24, 2.45) is 0 Å². The summed E-state index contributed by atoms with van der Waals surface area (Å²) in [6.07, 6.45) is 3.31. The quantitative estimate of drug-likeness (QED) is 0.534. The van der Waals surface area contributed by atoms with Gasteiger partial charge < -0.3 is 10.6 Å². The Morgan fingerprint density at radius 2 is 1.63 bits per heavy atom. The highest BCUT2D eigenvalue weighted by molar-refractivity contribution is 7.92. The van der Waals surface area contributed by atoms with Crippen LogP contribution in [0.1, 0.15) is 0 Å². The second-order valence-corrected chi connectivity index (χ2v) is 7.93. The first-order valence-electron chi connectivity index (χ1n) is 7.79. The third-order valence-electron chi connectivity index (χ3n) is 3.46. The predicted octanol–water partition coefficient (Wildman–Crippen LogP) is 4.34. The van der Waals surface area contributed by atoms with E-state index in [4.69, 9.17) is 23.8 Å². The van der Waals surface area contributed by atoms with Crippen LogP contribution >= 0.6 is 23.8 Å². The van der Waals surface area contributed by atoms with E-state index in [1.165, 1.54) is 12.1 Å². The maximum atomic E-state index is 12.5. The van der Waals surface area contributed by atoms with Crippen LogP contribution in [0.15, 0.2) is 78.0 Å². The summed E-state index contributed by atoms with van der Waals surface area (Å²) in [5, 5.41) is 6.66. The molecule has 3 aromatic rings. The number of nitrogens with zero attached hydrogens (tertiary/aromatic N) is 1. The van der Waals surface area contributed by atoms with Gasteiger partial charge in [0.1, 0.15) is 0 Å². The Labute approximate surface area is 167 Å². The molecule has 1 aromatic heterocycles. The molecular formula is C18H15ClN4O2S2. The molecule has 138 valence electrons. The van der Waals surface area contributed by atoms with E-state index in [0.717, 1.165) is 5.69 Å². The fourth-order valence-corrected chi connectivity index (χ4v) is 3.75. The van der Waals surface area contributed by atoms with Crippen molar-refractivity contribution in [3.05, 3.63) is 78.1 Å². The molecule has 0 bridgehead atoms. The summed E-state index contributed by atoms with van der Waals surface area (Å²) in [4.78, 5) is 4.10. The number of hydrogen-bond acceptors (Lipinski definition) is 4. The molecule has 3 rings (SSSR count). The fraction of sp³-hybridized carbons (Fsp3) is 0. The molecular weight excluding hydrogens is 404 g/mol. The molecule has 0 aliphatic rings. The average Bonchev–Trinajstić information content (AvgIpc) is 2.65. The number of sulfonamides is 1. The number of rotatable bonds is 5. The minimum Gasteiger partial charge on any atom is -0.332 e. The Morgan fingerprint density at radius 3 is 2.30 bits per heavy atom. The molecule has 0 saturated heterocycles. The van der Waals surface area contributed by atoms with Crippen LogP contribution in [0.25, 0.3) is 0 Å². The second kappa shape index (κ2) is 8.34. The molecule has 0 aliphatic carbocycles. The minimum atomic E-state index is -3.75. The van der Waals surface area contributed by atoms with Gasteiger partial charge in [-0.1, -0.05) is 23.7 Å². The highest BCUT2D eigenvalue weighted by Gasteiger charge is 2.15. The fourth-order valence-electron chi connectivity index (χ4n) is 2.20. The number of pyridine rings is 1. The molecule has 0 unspecified atom stereocenters. The summed E-state index contributed by atoms with van der Waals surface area (Å²) in [6.45, 7) is 0. The zero-order chi connectivity index (χ0) is 19.3. The lowest BCUT2D eigenvalue weighted by atomic mass is 10.3. The zero-order valence-corrected chi connectivity index (χ0v) is 16.3. The van der Waals surface area contributed by atoms with Gasteiger partial charge in [0.25, 0.3) is 10.0 Å². The van der Waals surface area contributed by atoms with Gasteiger partial charge in [0.05, 0.1) is 27.5 Å². The standard InChI is InChI=1S/C18H15ClN4O2S2/c19-16-5-1-2-6-17(16)23-27(24,25)15-9-7-13(8-10-15)21-18(26)22-14-4-3-11-20-12-14/h1-12,23H,(H2,21,22,26). The van der Waals surface area contributed by atoms with Crippen molar-refractivity contribution in [2.75, 3.05) is 15.4 Å². The van der Waals surface area contributed by atoms with Gasteiger partial charge in [0, 0.05) is 11.9 Å². The Bertz CT molecular complexity index is 1040. The summed E-state index contributed by atoms with van der Waals surface area (Å²) >= 11 is 11.2. The van der Waals surface area contributed by atoms with Crippen LogP contribution < -0.4 is 15.4 Å². The number of hydrogen-bond donors (Lipinski definition) is 3. The summed E-state index contributed by atoms with van der Waals surface area (Å²) in [5.41, 5.74) is 1.72. The van der Waals surface area contributed by atoms with Gasteiger partial charge in [-0.25, -0.2) is 8.42 Å². The molecule has 0 fully saturated rings. The van der Waals surface area contributed by atoms with E-state index < -0.39 is 10.0 Å². The third-order valence-corrected chi connectivity index (χ3v) is 5.38. The second-order valence-electron chi connectivity index (χ2n) is 5.43. The predicted molar refractivity (Wildman–Crippen MR) is 113 cm³/mol. The van der Waals surface area contributed by atoms with Crippen molar-refractivity contribution in [1.82, 2.24) is 4.98 Å². The number of nitrogens with one attached hydrogen (secondary N) is 3. The van der Waals surface area contributed by atoms with Crippen molar-refractivity contribution >= 4 is 56.0 Å². The van der Waals surface area contributed by atoms with Gasteiger partial charge in [-0.3, -0.25) is 9.71 Å². The smallest absolute Gasteiger partial charge is 0.261 e. The highest BCUT2D eigenvalue weighted by atomic mass is 35.5. The lowest BCUT2D eigenvalue weighted by Gasteiger charge is -2.12. The molecule has 3 N–H and O–H groups in total. The summed E-state index contributed by atoms with van der Waals surface area (Å²) in [7, 11) is -3.75. The number of thiocarbonyl (C=S) groups is 1. The van der Waals surface area contributed by atoms with Crippen molar-refractivity contribution in [3.8, 4) is 0 Å². The summed E-state index contributed by atoms with van der Waals surface area (Å²) in [5.74, 6) is 0. The Hall–Kier alpha value is -2.68. The molecule has 0 spiro atoms. The largest absolute Gasteiger partial charge is 0.332 e. The molecule has 0 aliphatic heterocycles. The van der Waals surface area contributed by atoms with Gasteiger partial charge in [-0.05, 0) is 60.7 Å². The van der Waals surface area contributed by atoms with Crippen LogP contribution in [0.3, 0.4) is 0 Å². The van der Waals surface area contributed by atoms with Gasteiger partial charge in [-0.2, -0.15) is 0 Å². The highest BCUT2D eigenvalue weighted by Crippen LogP contribution is 2.24. The number of halogens is 1. The van der Waals surface area contributed by atoms with Gasteiger partial charge >= 0.3 is 0 Å². The van der Waals surface area contributed by atoms with Crippen molar-refractivity contribution in [1.29, 1.82) is 0 Å². The van der Waals surface area contributed by atoms with Crippen LogP contribution in [0, 0.1) is 0 Å². The lowest BCUT2D eigenvalue weighted by Crippen LogP contribution is -2.19.